The molecule has 20 nitrogen and oxygen atoms in total. The minimum Gasteiger partial charge on any atom is -0.744 e. The number of anilines is 1. The summed E-state index contributed by atoms with van der Waals surface area (Å²) in [6.45, 7) is 10.5. The Morgan fingerprint density at radius 2 is 1.02 bits per heavy atom. The molecule has 10 rings (SSSR count). The number of hydrogen-bond donors (Lipinski definition) is 9. The number of ketones is 1. The van der Waals surface area contributed by atoms with Crippen molar-refractivity contribution in [2.45, 2.75) is 70.2 Å². The van der Waals surface area contributed by atoms with E-state index in [9.17, 15) is 76.1 Å². The second-order valence-corrected chi connectivity index (χ2v) is 22.0. The first-order chi connectivity index (χ1) is 36.9. The van der Waals surface area contributed by atoms with E-state index in [1.54, 1.807) is 27.7 Å². The van der Waals surface area contributed by atoms with E-state index >= 15 is 0 Å². The summed E-state index contributed by atoms with van der Waals surface area (Å²) < 4.78 is 78.3. The molecule has 0 saturated heterocycles. The maximum absolute atomic E-state index is 13.4. The van der Waals surface area contributed by atoms with Crippen LogP contribution in [0.3, 0.4) is 0 Å². The molecule has 410 valence electrons. The molecule has 1 atom stereocenters. The minimum atomic E-state index is -5.11. The van der Waals surface area contributed by atoms with Crippen LogP contribution in [0.15, 0.2) is 119 Å². The SMILES string of the molecule is CC(C)CC(N)C(=O)Cc1ccc2ccccc2c1.Cc1oc2cc3c(-c4c(=O)cc(O)c5c(O)c6c(O)c(C)c(C)oc6cc45)c(=O)cc(O)c3c(O)c2c(O)c1C.Nc1c(S(=O)(=O)[O-])cc(S(=O)(=O)[O-])c2cccc(O)c12.[Na+].[Na+]. The zero-order chi connectivity index (χ0) is 58.1. The van der Waals surface area contributed by atoms with E-state index < -0.39 is 75.3 Å². The number of rotatable bonds is 8. The molecular weight excluding hydrogens is 1110 g/mol. The van der Waals surface area contributed by atoms with E-state index in [0.29, 0.717) is 41.1 Å². The average molecular weight is 1160 g/mol. The fraction of sp³-hybridized carbons (Fsp3) is 0.175. The molecule has 0 saturated carbocycles. The summed E-state index contributed by atoms with van der Waals surface area (Å²) in [5.41, 5.74) is 10.4. The molecule has 0 fully saturated rings. The quantitative estimate of drug-likeness (QED) is 0.0457. The van der Waals surface area contributed by atoms with Crippen molar-refractivity contribution in [3.63, 3.8) is 0 Å². The zero-order valence-corrected chi connectivity index (χ0v) is 50.5. The van der Waals surface area contributed by atoms with Gasteiger partial charge in [-0.2, -0.15) is 0 Å². The number of carbonyl (C=O) groups excluding carboxylic acids is 1. The Kier molecular flexibility index (Phi) is 18.6. The maximum atomic E-state index is 13.4. The first-order valence-corrected chi connectivity index (χ1v) is 26.8. The van der Waals surface area contributed by atoms with Crippen LogP contribution in [-0.2, 0) is 31.5 Å². The summed E-state index contributed by atoms with van der Waals surface area (Å²) in [6.07, 6.45) is 1.19. The molecule has 11 N–H and O–H groups in total. The Hall–Kier alpha value is -6.93. The molecule has 2 aromatic heterocycles. The second-order valence-electron chi connectivity index (χ2n) is 19.3. The Morgan fingerprint density at radius 3 is 1.48 bits per heavy atom. The van der Waals surface area contributed by atoms with Gasteiger partial charge in [0.15, 0.2) is 16.6 Å². The van der Waals surface area contributed by atoms with Gasteiger partial charge < -0.3 is 65.2 Å². The Labute approximate surface area is 505 Å². The summed E-state index contributed by atoms with van der Waals surface area (Å²) in [5.74, 6) is -2.23. The number of fused-ring (bicyclic) bond motifs is 6. The van der Waals surface area contributed by atoms with E-state index in [1.807, 2.05) is 18.2 Å². The van der Waals surface area contributed by atoms with Gasteiger partial charge in [0.05, 0.1) is 32.3 Å². The van der Waals surface area contributed by atoms with Gasteiger partial charge in [-0.3, -0.25) is 14.4 Å². The van der Waals surface area contributed by atoms with Crippen molar-refractivity contribution in [2.75, 3.05) is 5.73 Å². The number of aromatic hydroxyl groups is 7. The monoisotopic (exact) mass is 1160 g/mol. The zero-order valence-electron chi connectivity index (χ0n) is 44.8. The van der Waals surface area contributed by atoms with Crippen molar-refractivity contribution in [3.05, 3.63) is 140 Å². The fourth-order valence-corrected chi connectivity index (χ4v) is 10.9. The third kappa shape index (κ3) is 12.0. The van der Waals surface area contributed by atoms with Crippen LogP contribution in [0, 0.1) is 33.6 Å². The van der Waals surface area contributed by atoms with Gasteiger partial charge in [0.2, 0.25) is 0 Å². The summed E-state index contributed by atoms with van der Waals surface area (Å²) >= 11 is 0. The van der Waals surface area contributed by atoms with Crippen LogP contribution in [0.5, 0.6) is 40.2 Å². The summed E-state index contributed by atoms with van der Waals surface area (Å²) in [4.78, 5) is 36.9. The predicted molar refractivity (Wildman–Crippen MR) is 294 cm³/mol. The molecule has 1 unspecified atom stereocenters. The molecule has 0 amide bonds. The molecule has 8 aromatic carbocycles. The third-order valence-electron chi connectivity index (χ3n) is 13.6. The van der Waals surface area contributed by atoms with Crippen molar-refractivity contribution < 1.29 is 134 Å². The van der Waals surface area contributed by atoms with Gasteiger partial charge in [0.1, 0.15) is 93.9 Å². The van der Waals surface area contributed by atoms with Crippen LogP contribution >= 0.6 is 0 Å². The van der Waals surface area contributed by atoms with Crippen LogP contribution in [0.1, 0.15) is 48.5 Å². The van der Waals surface area contributed by atoms with Crippen LogP contribution in [-0.4, -0.2) is 73.5 Å². The molecular formula is C57H50N2Na2O18S2. The smallest absolute Gasteiger partial charge is 0.744 e. The standard InChI is InChI=1S/C30H22O10.C17H21NO.C10H9NO7S2.2Na/c1-9-11(3)39-19-5-13-21(15(31)7-17(33)23(13)29(37)25(19)27(9)35)22-14-6-20-26(28(36)10(2)12(4)40-20)30(38)24(14)18(34)8-16(22)32;1-12(2)9-16(18)17(19)11-13-7-8-14-5-3-4-6-15(14)10-13;11-10-8(20(16,17)18)4-7(19(13,14)15)5-2-1-3-6(12)9(5)10;;/h5-8,33-38H,1-4H3;3-8,10,12,16H,9,11,18H2,1-2H3;1-4,12H,11H2,(H,13,14,15)(H,16,17,18);;/q;;;2*+1/p-2. The topological polar surface area (TPSA) is 386 Å². The Balaban J connectivity index is 0.000000217. The van der Waals surface area contributed by atoms with Gasteiger partial charge in [-0.1, -0.05) is 68.4 Å². The van der Waals surface area contributed by atoms with Gasteiger partial charge in [-0.25, -0.2) is 16.8 Å². The van der Waals surface area contributed by atoms with Crippen molar-refractivity contribution in [3.8, 4) is 51.4 Å². The van der Waals surface area contributed by atoms with Gasteiger partial charge in [0.25, 0.3) is 0 Å². The average Bonchev–Trinajstić information content (AvgIpc) is 3.44. The number of carbonyl (C=O) groups is 1. The molecule has 0 bridgehead atoms. The Bertz CT molecular complexity index is 4440. The van der Waals surface area contributed by atoms with E-state index in [0.717, 1.165) is 36.2 Å². The fourth-order valence-electron chi connectivity index (χ4n) is 9.49. The number of benzene rings is 8. The number of Topliss-reactive ketones (excluding diaryl/α,β-unsaturated/α-hetero) is 1. The third-order valence-corrected chi connectivity index (χ3v) is 15.4. The normalized spacial score (nSPS) is 12.0. The summed E-state index contributed by atoms with van der Waals surface area (Å²) in [6, 6.07) is 22.2. The van der Waals surface area contributed by atoms with E-state index in [-0.39, 0.29) is 148 Å². The van der Waals surface area contributed by atoms with Crippen LogP contribution < -0.4 is 81.4 Å². The number of nitrogen functional groups attached to an aromatic ring is 1. The van der Waals surface area contributed by atoms with E-state index in [1.165, 1.54) is 29.0 Å². The van der Waals surface area contributed by atoms with Gasteiger partial charge in [0, 0.05) is 62.4 Å². The number of nitrogens with two attached hydrogens (primary N) is 2. The first kappa shape index (κ1) is 63.3. The van der Waals surface area contributed by atoms with Gasteiger partial charge in [-0.15, -0.1) is 0 Å². The molecule has 0 spiro atoms. The molecule has 24 heteroatoms. The predicted octanol–water partition coefficient (Wildman–Crippen LogP) is 2.61. The van der Waals surface area contributed by atoms with E-state index in [4.69, 9.17) is 20.3 Å². The van der Waals surface area contributed by atoms with Crippen molar-refractivity contribution in [1.82, 2.24) is 0 Å². The molecule has 81 heavy (non-hydrogen) atoms. The van der Waals surface area contributed by atoms with Crippen LogP contribution in [0.4, 0.5) is 5.69 Å². The van der Waals surface area contributed by atoms with Gasteiger partial charge >= 0.3 is 59.1 Å². The van der Waals surface area contributed by atoms with Crippen molar-refractivity contribution in [1.29, 1.82) is 0 Å². The number of phenols is 5. The maximum Gasteiger partial charge on any atom is 1.00 e. The number of phenolic OH excluding ortho intramolecular Hbond substituents is 5. The molecule has 0 aliphatic heterocycles. The summed E-state index contributed by atoms with van der Waals surface area (Å²) in [7, 11) is -10.2. The Morgan fingerprint density at radius 1 is 0.556 bits per heavy atom. The molecule has 0 aliphatic rings. The minimum absolute atomic E-state index is 0. The first-order valence-electron chi connectivity index (χ1n) is 23.9. The van der Waals surface area contributed by atoms with Crippen LogP contribution in [0.2, 0.25) is 0 Å². The number of hydrogen-bond acceptors (Lipinski definition) is 20. The molecule has 0 aliphatic carbocycles. The van der Waals surface area contributed by atoms with Crippen molar-refractivity contribution in [2.24, 2.45) is 11.7 Å². The van der Waals surface area contributed by atoms with Gasteiger partial charge in [-0.05, 0) is 80.6 Å². The summed E-state index contributed by atoms with van der Waals surface area (Å²) in [5, 5.41) is 75.8. The second kappa shape index (κ2) is 23.9. The van der Waals surface area contributed by atoms with Crippen molar-refractivity contribution >= 4 is 96.7 Å². The molecule has 10 aromatic rings. The number of aryl methyl sites for hydroxylation is 2. The van der Waals surface area contributed by atoms with Crippen LogP contribution in [0.25, 0.3) is 76.2 Å². The largest absolute Gasteiger partial charge is 1.00 e. The molecule has 0 radical (unpaired) electrons. The molecule has 2 heterocycles. The van der Waals surface area contributed by atoms with E-state index in [2.05, 4.69) is 38.1 Å².